The first-order chi connectivity index (χ1) is 9.82. The lowest BCUT2D eigenvalue weighted by Gasteiger charge is -2.39. The van der Waals surface area contributed by atoms with Crippen LogP contribution < -0.4 is 5.32 Å². The van der Waals surface area contributed by atoms with Crippen molar-refractivity contribution < 1.29 is 0 Å². The van der Waals surface area contributed by atoms with Gasteiger partial charge >= 0.3 is 0 Å². The van der Waals surface area contributed by atoms with Gasteiger partial charge in [0.05, 0.1) is 0 Å². The monoisotopic (exact) mass is 371 g/mol. The molecule has 3 heteroatoms. The van der Waals surface area contributed by atoms with Crippen molar-refractivity contribution in [3.05, 3.63) is 20.3 Å². The SMILES string of the molecule is CCNC(c1cc(Br)c(C)s1)C1CCC(C(C)(C)C)CC1. The van der Waals surface area contributed by atoms with Gasteiger partial charge in [-0.05, 0) is 78.4 Å². The summed E-state index contributed by atoms with van der Waals surface area (Å²) < 4.78 is 1.27. The molecule has 0 aromatic carbocycles. The molecule has 21 heavy (non-hydrogen) atoms. The molecule has 1 saturated carbocycles. The topological polar surface area (TPSA) is 12.0 Å². The molecule has 1 atom stereocenters. The lowest BCUT2D eigenvalue weighted by molar-refractivity contribution is 0.133. The Morgan fingerprint density at radius 1 is 1.29 bits per heavy atom. The van der Waals surface area contributed by atoms with Gasteiger partial charge in [0.2, 0.25) is 0 Å². The summed E-state index contributed by atoms with van der Waals surface area (Å²) in [5.74, 6) is 1.70. The molecular weight excluding hydrogens is 342 g/mol. The molecule has 1 aliphatic carbocycles. The first-order valence-corrected chi connectivity index (χ1v) is 9.93. The van der Waals surface area contributed by atoms with Crippen LogP contribution in [-0.2, 0) is 0 Å². The fourth-order valence-corrected chi connectivity index (χ4v) is 5.40. The molecule has 2 rings (SSSR count). The van der Waals surface area contributed by atoms with E-state index in [-0.39, 0.29) is 0 Å². The first kappa shape index (κ1) is 17.5. The second-order valence-corrected chi connectivity index (χ2v) is 9.71. The lowest BCUT2D eigenvalue weighted by atomic mass is 9.68. The molecule has 0 spiro atoms. The third kappa shape index (κ3) is 4.33. The molecular formula is C18H30BrNS. The maximum atomic E-state index is 3.75. The van der Waals surface area contributed by atoms with Crippen LogP contribution in [0.25, 0.3) is 0 Å². The van der Waals surface area contributed by atoms with Crippen LogP contribution in [0.3, 0.4) is 0 Å². The summed E-state index contributed by atoms with van der Waals surface area (Å²) in [6.07, 6.45) is 5.52. The summed E-state index contributed by atoms with van der Waals surface area (Å²) in [7, 11) is 0. The van der Waals surface area contributed by atoms with Crippen molar-refractivity contribution in [2.45, 2.75) is 66.3 Å². The Hall–Kier alpha value is 0.140. The van der Waals surface area contributed by atoms with Gasteiger partial charge in [-0.15, -0.1) is 11.3 Å². The molecule has 0 radical (unpaired) electrons. The van der Waals surface area contributed by atoms with Gasteiger partial charge in [0.1, 0.15) is 0 Å². The van der Waals surface area contributed by atoms with Crippen LogP contribution in [-0.4, -0.2) is 6.54 Å². The second-order valence-electron chi connectivity index (χ2n) is 7.57. The Kier molecular flexibility index (Phi) is 5.95. The maximum absolute atomic E-state index is 3.75. The zero-order valence-electron chi connectivity index (χ0n) is 14.1. The highest BCUT2D eigenvalue weighted by Crippen LogP contribution is 2.45. The van der Waals surface area contributed by atoms with Gasteiger partial charge in [-0.1, -0.05) is 27.7 Å². The van der Waals surface area contributed by atoms with Gasteiger partial charge in [0.25, 0.3) is 0 Å². The predicted molar refractivity (Wildman–Crippen MR) is 98.1 cm³/mol. The molecule has 0 aliphatic heterocycles. The normalized spacial score (nSPS) is 25.0. The zero-order valence-corrected chi connectivity index (χ0v) is 16.5. The largest absolute Gasteiger partial charge is 0.309 e. The van der Waals surface area contributed by atoms with E-state index >= 15 is 0 Å². The Bertz CT molecular complexity index is 433. The van der Waals surface area contributed by atoms with E-state index in [0.29, 0.717) is 11.5 Å². The van der Waals surface area contributed by atoms with Crippen LogP contribution in [0.1, 0.15) is 69.2 Å². The summed E-state index contributed by atoms with van der Waals surface area (Å²) in [6, 6.07) is 2.88. The standard InChI is InChI=1S/C18H30BrNS/c1-6-20-17(16-11-15(19)12(2)21-16)13-7-9-14(10-8-13)18(3,4)5/h11,13-14,17,20H,6-10H2,1-5H3. The Morgan fingerprint density at radius 2 is 1.90 bits per heavy atom. The van der Waals surface area contributed by atoms with Crippen molar-refractivity contribution in [1.82, 2.24) is 5.32 Å². The van der Waals surface area contributed by atoms with Crippen LogP contribution in [0.5, 0.6) is 0 Å². The molecule has 0 amide bonds. The van der Waals surface area contributed by atoms with Crippen LogP contribution in [0.15, 0.2) is 10.5 Å². The molecule has 0 saturated heterocycles. The second kappa shape index (κ2) is 7.14. The van der Waals surface area contributed by atoms with Gasteiger partial charge in [-0.3, -0.25) is 0 Å². The van der Waals surface area contributed by atoms with Gasteiger partial charge in [-0.25, -0.2) is 0 Å². The summed E-state index contributed by atoms with van der Waals surface area (Å²) in [5, 5.41) is 3.75. The van der Waals surface area contributed by atoms with E-state index in [9.17, 15) is 0 Å². The molecule has 1 aromatic rings. The smallest absolute Gasteiger partial charge is 0.0443 e. The van der Waals surface area contributed by atoms with Crippen molar-refractivity contribution in [3.8, 4) is 0 Å². The third-order valence-electron chi connectivity index (χ3n) is 5.07. The van der Waals surface area contributed by atoms with E-state index in [4.69, 9.17) is 0 Å². The van der Waals surface area contributed by atoms with Gasteiger partial charge in [-0.2, -0.15) is 0 Å². The number of aryl methyl sites for hydroxylation is 1. The van der Waals surface area contributed by atoms with Crippen LogP contribution in [0.2, 0.25) is 0 Å². The van der Waals surface area contributed by atoms with Crippen LogP contribution >= 0.6 is 27.3 Å². The molecule has 1 heterocycles. The molecule has 0 bridgehead atoms. The average molecular weight is 372 g/mol. The minimum absolute atomic E-state index is 0.473. The number of thiophene rings is 1. The van der Waals surface area contributed by atoms with Gasteiger partial charge < -0.3 is 5.32 Å². The first-order valence-electron chi connectivity index (χ1n) is 8.32. The quantitative estimate of drug-likeness (QED) is 0.652. The van der Waals surface area contributed by atoms with E-state index in [1.165, 1.54) is 39.9 Å². The van der Waals surface area contributed by atoms with E-state index in [2.05, 4.69) is 61.9 Å². The predicted octanol–water partition coefficient (Wildman–Crippen LogP) is 6.32. The summed E-state index contributed by atoms with van der Waals surface area (Å²) in [5.41, 5.74) is 0.473. The summed E-state index contributed by atoms with van der Waals surface area (Å²) in [4.78, 5) is 2.91. The highest BCUT2D eigenvalue weighted by Gasteiger charge is 2.33. The minimum Gasteiger partial charge on any atom is -0.309 e. The number of hydrogen-bond acceptors (Lipinski definition) is 2. The minimum atomic E-state index is 0.473. The molecule has 1 fully saturated rings. The van der Waals surface area contributed by atoms with Crippen molar-refractivity contribution >= 4 is 27.3 Å². The molecule has 1 unspecified atom stereocenters. The molecule has 1 nitrogen and oxygen atoms in total. The number of rotatable bonds is 4. The highest BCUT2D eigenvalue weighted by molar-refractivity contribution is 9.10. The molecule has 1 aromatic heterocycles. The number of nitrogens with one attached hydrogen (secondary N) is 1. The van der Waals surface area contributed by atoms with Crippen molar-refractivity contribution in [2.24, 2.45) is 17.3 Å². The zero-order chi connectivity index (χ0) is 15.6. The average Bonchev–Trinajstić information content (AvgIpc) is 2.75. The molecule has 120 valence electrons. The summed E-state index contributed by atoms with van der Waals surface area (Å²) in [6.45, 7) is 12.7. The number of hydrogen-bond donors (Lipinski definition) is 1. The van der Waals surface area contributed by atoms with E-state index in [1.54, 1.807) is 0 Å². The van der Waals surface area contributed by atoms with Gasteiger partial charge in [0, 0.05) is 20.3 Å². The van der Waals surface area contributed by atoms with Crippen LogP contribution in [0, 0.1) is 24.2 Å². The lowest BCUT2D eigenvalue weighted by Crippen LogP contribution is -2.33. The fourth-order valence-electron chi connectivity index (χ4n) is 3.67. The van der Waals surface area contributed by atoms with E-state index < -0.39 is 0 Å². The highest BCUT2D eigenvalue weighted by atomic mass is 79.9. The van der Waals surface area contributed by atoms with Gasteiger partial charge in [0.15, 0.2) is 0 Å². The van der Waals surface area contributed by atoms with Crippen molar-refractivity contribution in [1.29, 1.82) is 0 Å². The molecule has 1 aliphatic rings. The molecule has 1 N–H and O–H groups in total. The third-order valence-corrected chi connectivity index (χ3v) is 7.29. The van der Waals surface area contributed by atoms with E-state index in [1.807, 2.05) is 11.3 Å². The van der Waals surface area contributed by atoms with E-state index in [0.717, 1.165) is 18.4 Å². The Morgan fingerprint density at radius 3 is 2.33 bits per heavy atom. The Labute approximate surface area is 143 Å². The summed E-state index contributed by atoms with van der Waals surface area (Å²) >= 11 is 5.63. The number of halogens is 1. The fraction of sp³-hybridized carbons (Fsp3) is 0.778. The van der Waals surface area contributed by atoms with Crippen molar-refractivity contribution in [3.63, 3.8) is 0 Å². The maximum Gasteiger partial charge on any atom is 0.0443 e. The van der Waals surface area contributed by atoms with Crippen molar-refractivity contribution in [2.75, 3.05) is 6.54 Å². The van der Waals surface area contributed by atoms with Crippen LogP contribution in [0.4, 0.5) is 0 Å². The Balaban J connectivity index is 2.07.